The Morgan fingerprint density at radius 1 is 1.29 bits per heavy atom. The van der Waals surface area contributed by atoms with Crippen LogP contribution in [0.1, 0.15) is 46.0 Å². The lowest BCUT2D eigenvalue weighted by Crippen LogP contribution is -2.47. The first-order valence-corrected chi connectivity index (χ1v) is 8.21. The Bertz CT molecular complexity index is 316. The van der Waals surface area contributed by atoms with Gasteiger partial charge in [0.15, 0.2) is 0 Å². The van der Waals surface area contributed by atoms with Crippen molar-refractivity contribution in [3.05, 3.63) is 0 Å². The van der Waals surface area contributed by atoms with Gasteiger partial charge in [-0.15, -0.1) is 0 Å². The topological polar surface area (TPSA) is 58.2 Å². The molecule has 0 amide bonds. The summed E-state index contributed by atoms with van der Waals surface area (Å²) in [5.41, 5.74) is 0. The normalized spacial score (nSPS) is 27.9. The van der Waals surface area contributed by atoms with Crippen LogP contribution in [0.3, 0.4) is 0 Å². The largest absolute Gasteiger partial charge is 0.318 e. The van der Waals surface area contributed by atoms with Gasteiger partial charge < -0.3 is 5.32 Å². The Kier molecular flexibility index (Phi) is 5.89. The summed E-state index contributed by atoms with van der Waals surface area (Å²) in [7, 11) is -1.40. The van der Waals surface area contributed by atoms with Crippen LogP contribution in [0, 0.1) is 5.92 Å². The zero-order valence-electron chi connectivity index (χ0n) is 11.2. The Labute approximate surface area is 106 Å². The molecule has 102 valence electrons. The van der Waals surface area contributed by atoms with E-state index in [0.717, 1.165) is 25.7 Å². The van der Waals surface area contributed by atoms with Crippen molar-refractivity contribution in [3.63, 3.8) is 0 Å². The molecular weight excluding hydrogens is 236 g/mol. The lowest BCUT2D eigenvalue weighted by molar-refractivity contribution is 0.281. The lowest BCUT2D eigenvalue weighted by atomic mass is 9.83. The average molecular weight is 262 g/mol. The molecule has 1 aliphatic rings. The molecule has 1 aliphatic carbocycles. The molecule has 0 spiro atoms. The van der Waals surface area contributed by atoms with E-state index in [9.17, 15) is 8.42 Å². The minimum absolute atomic E-state index is 0.151. The number of hydrogen-bond acceptors (Lipinski definition) is 3. The van der Waals surface area contributed by atoms with E-state index in [4.69, 9.17) is 0 Å². The molecule has 0 aromatic carbocycles. The Balaban J connectivity index is 2.61. The smallest absolute Gasteiger partial charge is 0.215 e. The molecule has 1 fully saturated rings. The predicted molar refractivity (Wildman–Crippen MR) is 71.5 cm³/mol. The maximum atomic E-state index is 12.1. The van der Waals surface area contributed by atoms with Gasteiger partial charge in [-0.1, -0.05) is 26.2 Å². The molecule has 0 radical (unpaired) electrons. The van der Waals surface area contributed by atoms with Crippen molar-refractivity contribution in [2.45, 2.75) is 57.2 Å². The van der Waals surface area contributed by atoms with Crippen LogP contribution in [0.2, 0.25) is 0 Å². The molecule has 1 rings (SSSR count). The molecule has 3 atom stereocenters. The first-order chi connectivity index (χ1) is 8.01. The number of rotatable bonds is 6. The predicted octanol–water partition coefficient (Wildman–Crippen LogP) is 1.48. The van der Waals surface area contributed by atoms with E-state index in [1.165, 1.54) is 6.42 Å². The van der Waals surface area contributed by atoms with Crippen molar-refractivity contribution in [1.29, 1.82) is 0 Å². The highest BCUT2D eigenvalue weighted by molar-refractivity contribution is 7.90. The maximum Gasteiger partial charge on any atom is 0.215 e. The summed E-state index contributed by atoms with van der Waals surface area (Å²) >= 11 is 0. The van der Waals surface area contributed by atoms with Crippen LogP contribution >= 0.6 is 0 Å². The first-order valence-electron chi connectivity index (χ1n) is 6.67. The van der Waals surface area contributed by atoms with E-state index < -0.39 is 10.0 Å². The molecule has 0 saturated heterocycles. The molecule has 5 heteroatoms. The molecule has 2 N–H and O–H groups in total. The quantitative estimate of drug-likeness (QED) is 0.762. The Morgan fingerprint density at radius 2 is 1.94 bits per heavy atom. The van der Waals surface area contributed by atoms with Gasteiger partial charge in [0.25, 0.3) is 0 Å². The van der Waals surface area contributed by atoms with Crippen LogP contribution in [0.25, 0.3) is 0 Å². The summed E-state index contributed by atoms with van der Waals surface area (Å²) in [4.78, 5) is 0. The lowest BCUT2D eigenvalue weighted by Gasteiger charge is -2.32. The standard InChI is InChI=1S/C12H26N2O2S/c1-4-11-7-5-6-8-12(11)14-17(15,16)10(2)9-13-3/h10-14H,4-9H2,1-3H3. The van der Waals surface area contributed by atoms with E-state index in [1.807, 2.05) is 0 Å². The van der Waals surface area contributed by atoms with E-state index in [0.29, 0.717) is 12.5 Å². The second-order valence-electron chi connectivity index (χ2n) is 5.09. The summed E-state index contributed by atoms with van der Waals surface area (Å²) in [6, 6.07) is 0.151. The summed E-state index contributed by atoms with van der Waals surface area (Å²) in [5.74, 6) is 0.514. The second kappa shape index (κ2) is 6.71. The van der Waals surface area contributed by atoms with Gasteiger partial charge in [-0.2, -0.15) is 0 Å². The fourth-order valence-electron chi connectivity index (χ4n) is 2.58. The first kappa shape index (κ1) is 14.9. The van der Waals surface area contributed by atoms with Gasteiger partial charge in [-0.3, -0.25) is 0 Å². The number of nitrogens with one attached hydrogen (secondary N) is 2. The fraction of sp³-hybridized carbons (Fsp3) is 1.00. The van der Waals surface area contributed by atoms with Crippen LogP contribution in [-0.4, -0.2) is 33.3 Å². The zero-order valence-corrected chi connectivity index (χ0v) is 12.0. The summed E-state index contributed by atoms with van der Waals surface area (Å²) < 4.78 is 27.1. The van der Waals surface area contributed by atoms with Gasteiger partial charge in [-0.05, 0) is 32.7 Å². The van der Waals surface area contributed by atoms with Gasteiger partial charge in [-0.25, -0.2) is 13.1 Å². The van der Waals surface area contributed by atoms with E-state index in [1.54, 1.807) is 14.0 Å². The van der Waals surface area contributed by atoms with Crippen LogP contribution in [-0.2, 0) is 10.0 Å². The van der Waals surface area contributed by atoms with Crippen molar-refractivity contribution < 1.29 is 8.42 Å². The molecule has 0 aromatic heterocycles. The van der Waals surface area contributed by atoms with Gasteiger partial charge in [0, 0.05) is 12.6 Å². The van der Waals surface area contributed by atoms with E-state index in [-0.39, 0.29) is 11.3 Å². The van der Waals surface area contributed by atoms with Crippen LogP contribution in [0.5, 0.6) is 0 Å². The Morgan fingerprint density at radius 3 is 2.53 bits per heavy atom. The molecule has 3 unspecified atom stereocenters. The van der Waals surface area contributed by atoms with Crippen molar-refractivity contribution >= 4 is 10.0 Å². The fourth-order valence-corrected chi connectivity index (χ4v) is 3.93. The van der Waals surface area contributed by atoms with Crippen molar-refractivity contribution in [1.82, 2.24) is 10.0 Å². The minimum Gasteiger partial charge on any atom is -0.318 e. The van der Waals surface area contributed by atoms with Crippen molar-refractivity contribution in [2.24, 2.45) is 5.92 Å². The van der Waals surface area contributed by atoms with Crippen molar-refractivity contribution in [2.75, 3.05) is 13.6 Å². The molecular formula is C12H26N2O2S. The molecule has 17 heavy (non-hydrogen) atoms. The zero-order chi connectivity index (χ0) is 12.9. The van der Waals surface area contributed by atoms with Gasteiger partial charge in [0.05, 0.1) is 5.25 Å². The van der Waals surface area contributed by atoms with Crippen molar-refractivity contribution in [3.8, 4) is 0 Å². The molecule has 0 bridgehead atoms. The summed E-state index contributed by atoms with van der Waals surface area (Å²) in [5, 5.41) is 2.55. The monoisotopic (exact) mass is 262 g/mol. The van der Waals surface area contributed by atoms with Crippen LogP contribution in [0.15, 0.2) is 0 Å². The van der Waals surface area contributed by atoms with Gasteiger partial charge in [0.1, 0.15) is 0 Å². The highest BCUT2D eigenvalue weighted by Gasteiger charge is 2.29. The Hall–Kier alpha value is -0.130. The molecule has 4 nitrogen and oxygen atoms in total. The number of hydrogen-bond donors (Lipinski definition) is 2. The van der Waals surface area contributed by atoms with Gasteiger partial charge >= 0.3 is 0 Å². The van der Waals surface area contributed by atoms with E-state index in [2.05, 4.69) is 17.0 Å². The summed E-state index contributed by atoms with van der Waals surface area (Å²) in [6.07, 6.45) is 5.59. The SMILES string of the molecule is CCC1CCCCC1NS(=O)(=O)C(C)CNC. The molecule has 1 saturated carbocycles. The second-order valence-corrected chi connectivity index (χ2v) is 7.22. The van der Waals surface area contributed by atoms with E-state index >= 15 is 0 Å². The third-order valence-electron chi connectivity index (χ3n) is 3.77. The molecule has 0 aromatic rings. The third kappa shape index (κ3) is 4.23. The van der Waals surface area contributed by atoms with Crippen LogP contribution in [0.4, 0.5) is 0 Å². The maximum absolute atomic E-state index is 12.1. The highest BCUT2D eigenvalue weighted by atomic mass is 32.2. The highest BCUT2D eigenvalue weighted by Crippen LogP contribution is 2.27. The molecule has 0 aliphatic heterocycles. The van der Waals surface area contributed by atoms with Gasteiger partial charge in [0.2, 0.25) is 10.0 Å². The van der Waals surface area contributed by atoms with Crippen LogP contribution < -0.4 is 10.0 Å². The number of sulfonamides is 1. The average Bonchev–Trinajstić information content (AvgIpc) is 2.29. The summed E-state index contributed by atoms with van der Waals surface area (Å²) in [6.45, 7) is 4.40. The molecule has 0 heterocycles. The third-order valence-corrected chi connectivity index (χ3v) is 5.63. The minimum atomic E-state index is -3.18.